The second-order valence-corrected chi connectivity index (χ2v) is 0.408. The molecule has 0 aromatic carbocycles. The molecule has 0 spiro atoms. The maximum atomic E-state index is 4.25. The van der Waals surface area contributed by atoms with E-state index in [2.05, 4.69) is 4.74 Å². The molecule has 0 aromatic rings. The molecule has 0 aliphatic heterocycles. The fourth-order valence-electron chi connectivity index (χ4n) is 0. The number of methoxy groups -OCH3 is 1. The van der Waals surface area contributed by atoms with Gasteiger partial charge in [0.2, 0.25) is 0 Å². The van der Waals surface area contributed by atoms with E-state index in [4.69, 9.17) is 0 Å². The third kappa shape index (κ3) is 77.3. The third-order valence-electron chi connectivity index (χ3n) is 0. The SMILES string of the molecule is COC.I.N. The molecule has 0 unspecified atom stereocenters. The Balaban J connectivity index is -0.0000000200. The molecule has 0 aromatic heterocycles. The summed E-state index contributed by atoms with van der Waals surface area (Å²) in [7, 11) is 3.25. The standard InChI is InChI=1S/C2H6O.HI.H3N/c1-3-2;;/h1-2H3;1H;1H3. The van der Waals surface area contributed by atoms with E-state index >= 15 is 0 Å². The molecule has 2 nitrogen and oxygen atoms in total. The maximum Gasteiger partial charge on any atom is 0.0351 e. The molecule has 0 aliphatic carbocycles. The van der Waals surface area contributed by atoms with E-state index in [0.717, 1.165) is 0 Å². The number of halogens is 1. The molecule has 0 atom stereocenters. The van der Waals surface area contributed by atoms with Crippen molar-refractivity contribution in [1.29, 1.82) is 0 Å². The Morgan fingerprint density at radius 3 is 1.20 bits per heavy atom. The van der Waals surface area contributed by atoms with Gasteiger partial charge in [-0.05, 0) is 0 Å². The summed E-state index contributed by atoms with van der Waals surface area (Å²) in [6.07, 6.45) is 0. The highest BCUT2D eigenvalue weighted by Gasteiger charge is 1.25. The van der Waals surface area contributed by atoms with Crippen LogP contribution in [0.15, 0.2) is 0 Å². The fraction of sp³-hybridized carbons (Fsp3) is 1.00. The van der Waals surface area contributed by atoms with Crippen LogP contribution in [0, 0.1) is 0 Å². The first-order valence-corrected chi connectivity index (χ1v) is 0.816. The normalized spacial score (nSPS) is 3.60. The molecule has 0 amide bonds. The molecule has 0 saturated carbocycles. The van der Waals surface area contributed by atoms with Crippen LogP contribution in [0.5, 0.6) is 0 Å². The first-order chi connectivity index (χ1) is 1.41. The lowest BCUT2D eigenvalue weighted by atomic mass is 11.6. The van der Waals surface area contributed by atoms with Gasteiger partial charge in [0, 0.05) is 14.2 Å². The van der Waals surface area contributed by atoms with Crippen LogP contribution >= 0.6 is 24.0 Å². The fourth-order valence-corrected chi connectivity index (χ4v) is 0. The minimum absolute atomic E-state index is 0. The first-order valence-electron chi connectivity index (χ1n) is 0.816. The summed E-state index contributed by atoms with van der Waals surface area (Å²) in [4.78, 5) is 0. The van der Waals surface area contributed by atoms with Crippen LogP contribution in [0.3, 0.4) is 0 Å². The highest BCUT2D eigenvalue weighted by molar-refractivity contribution is 14.0. The predicted octanol–water partition coefficient (Wildman–Crippen LogP) is 1.04. The molecule has 0 bridgehead atoms. The highest BCUT2D eigenvalue weighted by atomic mass is 127. The molecule has 0 saturated heterocycles. The molecular formula is C2H10INO. The summed E-state index contributed by atoms with van der Waals surface area (Å²) >= 11 is 0. The molecule has 0 fully saturated rings. The Labute approximate surface area is 49.5 Å². The van der Waals surface area contributed by atoms with Crippen LogP contribution < -0.4 is 6.15 Å². The summed E-state index contributed by atoms with van der Waals surface area (Å²) in [6, 6.07) is 0. The van der Waals surface area contributed by atoms with Gasteiger partial charge < -0.3 is 10.9 Å². The molecule has 0 aliphatic rings. The minimum atomic E-state index is 0. The van der Waals surface area contributed by atoms with E-state index in [1.807, 2.05) is 0 Å². The Bertz CT molecular complexity index is 9.61. The number of hydrogen-bond acceptors (Lipinski definition) is 2. The van der Waals surface area contributed by atoms with Crippen molar-refractivity contribution in [3.8, 4) is 0 Å². The molecule has 5 heavy (non-hydrogen) atoms. The summed E-state index contributed by atoms with van der Waals surface area (Å²) in [5.74, 6) is 0. The summed E-state index contributed by atoms with van der Waals surface area (Å²) in [5, 5.41) is 0. The Morgan fingerprint density at radius 1 is 1.20 bits per heavy atom. The summed E-state index contributed by atoms with van der Waals surface area (Å²) in [6.45, 7) is 0. The van der Waals surface area contributed by atoms with Gasteiger partial charge >= 0.3 is 0 Å². The molecule has 36 valence electrons. The lowest BCUT2D eigenvalue weighted by Gasteiger charge is -1.61. The number of rotatable bonds is 0. The van der Waals surface area contributed by atoms with Crippen molar-refractivity contribution in [2.75, 3.05) is 14.2 Å². The van der Waals surface area contributed by atoms with Crippen molar-refractivity contribution in [3.05, 3.63) is 0 Å². The quantitative estimate of drug-likeness (QED) is 0.581. The topological polar surface area (TPSA) is 44.2 Å². The zero-order valence-corrected chi connectivity index (χ0v) is 5.85. The smallest absolute Gasteiger partial charge is 0.0351 e. The van der Waals surface area contributed by atoms with Crippen LogP contribution in [0.1, 0.15) is 0 Å². The molecule has 0 radical (unpaired) electrons. The van der Waals surface area contributed by atoms with Crippen LogP contribution in [0.2, 0.25) is 0 Å². The van der Waals surface area contributed by atoms with E-state index in [0.29, 0.717) is 0 Å². The molecule has 3 heteroatoms. The monoisotopic (exact) mass is 191 g/mol. The van der Waals surface area contributed by atoms with Crippen molar-refractivity contribution in [1.82, 2.24) is 6.15 Å². The third-order valence-corrected chi connectivity index (χ3v) is 0. The van der Waals surface area contributed by atoms with Crippen molar-refractivity contribution in [2.45, 2.75) is 0 Å². The van der Waals surface area contributed by atoms with E-state index in [1.54, 1.807) is 14.2 Å². The zero-order valence-electron chi connectivity index (χ0n) is 3.52. The second-order valence-electron chi connectivity index (χ2n) is 0.408. The average Bonchev–Trinajstić information content (AvgIpc) is 0.918. The van der Waals surface area contributed by atoms with Gasteiger partial charge in [-0.3, -0.25) is 0 Å². The molecular weight excluding hydrogens is 181 g/mol. The van der Waals surface area contributed by atoms with E-state index in [-0.39, 0.29) is 30.1 Å². The van der Waals surface area contributed by atoms with E-state index in [1.165, 1.54) is 0 Å². The zero-order chi connectivity index (χ0) is 2.71. The van der Waals surface area contributed by atoms with Gasteiger partial charge in [0.15, 0.2) is 0 Å². The lowest BCUT2D eigenvalue weighted by Crippen LogP contribution is -1.55. The van der Waals surface area contributed by atoms with Crippen LogP contribution in [-0.2, 0) is 4.74 Å². The van der Waals surface area contributed by atoms with Gasteiger partial charge in [0.05, 0.1) is 0 Å². The van der Waals surface area contributed by atoms with E-state index in [9.17, 15) is 0 Å². The van der Waals surface area contributed by atoms with Gasteiger partial charge in [-0.25, -0.2) is 0 Å². The predicted molar refractivity (Wildman–Crippen MR) is 33.4 cm³/mol. The Hall–Kier alpha value is 0.650. The van der Waals surface area contributed by atoms with Gasteiger partial charge in [-0.2, -0.15) is 0 Å². The summed E-state index contributed by atoms with van der Waals surface area (Å²) < 4.78 is 4.25. The minimum Gasteiger partial charge on any atom is -0.388 e. The first kappa shape index (κ1) is 17.4. The largest absolute Gasteiger partial charge is 0.388 e. The molecule has 0 rings (SSSR count). The molecule has 0 heterocycles. The van der Waals surface area contributed by atoms with Crippen LogP contribution in [0.4, 0.5) is 0 Å². The van der Waals surface area contributed by atoms with Gasteiger partial charge in [0.1, 0.15) is 0 Å². The van der Waals surface area contributed by atoms with Crippen LogP contribution in [-0.4, -0.2) is 14.2 Å². The van der Waals surface area contributed by atoms with E-state index < -0.39 is 0 Å². The van der Waals surface area contributed by atoms with Gasteiger partial charge in [0.25, 0.3) is 0 Å². The number of hydrogen-bond donors (Lipinski definition) is 1. The molecule has 3 N–H and O–H groups in total. The van der Waals surface area contributed by atoms with Crippen molar-refractivity contribution >= 4 is 24.0 Å². The summed E-state index contributed by atoms with van der Waals surface area (Å²) in [5.41, 5.74) is 0. The second kappa shape index (κ2) is 22.8. The average molecular weight is 191 g/mol. The van der Waals surface area contributed by atoms with Gasteiger partial charge in [-0.15, -0.1) is 24.0 Å². The van der Waals surface area contributed by atoms with Crippen molar-refractivity contribution < 1.29 is 4.74 Å². The maximum absolute atomic E-state index is 4.25. The Kier molecular flexibility index (Phi) is 79.2. The van der Waals surface area contributed by atoms with Gasteiger partial charge in [-0.1, -0.05) is 0 Å². The van der Waals surface area contributed by atoms with Crippen LogP contribution in [0.25, 0.3) is 0 Å². The Morgan fingerprint density at radius 2 is 1.20 bits per heavy atom. The highest BCUT2D eigenvalue weighted by Crippen LogP contribution is 1.28. The van der Waals surface area contributed by atoms with Crippen molar-refractivity contribution in [3.63, 3.8) is 0 Å². The van der Waals surface area contributed by atoms with Crippen molar-refractivity contribution in [2.24, 2.45) is 0 Å². The lowest BCUT2D eigenvalue weighted by molar-refractivity contribution is 0.277. The number of ether oxygens (including phenoxy) is 1.